The number of nitrogens with zero attached hydrogens (tertiary/aromatic N) is 3. The van der Waals surface area contributed by atoms with Crippen molar-refractivity contribution in [3.05, 3.63) is 65.7 Å². The summed E-state index contributed by atoms with van der Waals surface area (Å²) in [6, 6.07) is 11.3. The molecule has 2 heterocycles. The molecule has 6 heteroatoms. The summed E-state index contributed by atoms with van der Waals surface area (Å²) in [6.07, 6.45) is 1.86. The first kappa shape index (κ1) is 19.0. The molecule has 27 heavy (non-hydrogen) atoms. The van der Waals surface area contributed by atoms with E-state index in [9.17, 15) is 14.0 Å². The number of pyridine rings is 1. The Labute approximate surface area is 158 Å². The van der Waals surface area contributed by atoms with E-state index >= 15 is 0 Å². The first-order valence-corrected chi connectivity index (χ1v) is 9.20. The number of benzene rings is 1. The van der Waals surface area contributed by atoms with E-state index in [1.165, 1.54) is 12.1 Å². The Kier molecular flexibility index (Phi) is 5.84. The van der Waals surface area contributed by atoms with Gasteiger partial charge in [-0.25, -0.2) is 4.39 Å². The molecule has 3 rings (SSSR count). The zero-order valence-corrected chi connectivity index (χ0v) is 15.6. The standard InChI is InChI=1S/C21H24FN3O2/c1-15(2)19-14-24(21(27)18-5-3-4-11-23-18)12-10-20(26)25(19)13-16-6-8-17(22)9-7-16/h3-9,11,15,19H,10,12-14H2,1-2H3. The summed E-state index contributed by atoms with van der Waals surface area (Å²) in [4.78, 5) is 33.3. The lowest BCUT2D eigenvalue weighted by molar-refractivity contribution is -0.134. The van der Waals surface area contributed by atoms with Crippen molar-refractivity contribution < 1.29 is 14.0 Å². The lowest BCUT2D eigenvalue weighted by atomic mass is 10.0. The Balaban J connectivity index is 1.82. The van der Waals surface area contributed by atoms with Crippen LogP contribution in [0.1, 0.15) is 36.3 Å². The van der Waals surface area contributed by atoms with Crippen LogP contribution in [0.2, 0.25) is 0 Å². The first-order chi connectivity index (χ1) is 13.0. The van der Waals surface area contributed by atoms with Crippen LogP contribution in [0.5, 0.6) is 0 Å². The topological polar surface area (TPSA) is 53.5 Å². The van der Waals surface area contributed by atoms with Gasteiger partial charge in [0.1, 0.15) is 11.5 Å². The summed E-state index contributed by atoms with van der Waals surface area (Å²) in [7, 11) is 0. The van der Waals surface area contributed by atoms with Gasteiger partial charge in [-0.2, -0.15) is 0 Å². The van der Waals surface area contributed by atoms with Gasteiger partial charge in [-0.3, -0.25) is 14.6 Å². The molecule has 1 aliphatic rings. The van der Waals surface area contributed by atoms with Gasteiger partial charge in [0, 0.05) is 32.3 Å². The number of hydrogen-bond donors (Lipinski definition) is 0. The Morgan fingerprint density at radius 1 is 1.22 bits per heavy atom. The van der Waals surface area contributed by atoms with Crippen LogP contribution in [-0.2, 0) is 11.3 Å². The highest BCUT2D eigenvalue weighted by atomic mass is 19.1. The summed E-state index contributed by atoms with van der Waals surface area (Å²) in [5.74, 6) is -0.271. The number of amides is 2. The maximum absolute atomic E-state index is 13.2. The third-order valence-corrected chi connectivity index (χ3v) is 4.93. The molecule has 2 amide bonds. The highest BCUT2D eigenvalue weighted by Crippen LogP contribution is 2.22. The molecule has 0 saturated carbocycles. The van der Waals surface area contributed by atoms with Crippen molar-refractivity contribution in [1.82, 2.24) is 14.8 Å². The molecule has 0 aliphatic carbocycles. The van der Waals surface area contributed by atoms with Gasteiger partial charge in [-0.15, -0.1) is 0 Å². The number of hydrogen-bond acceptors (Lipinski definition) is 3. The van der Waals surface area contributed by atoms with Gasteiger partial charge in [-0.05, 0) is 35.7 Å². The second-order valence-electron chi connectivity index (χ2n) is 7.18. The minimum Gasteiger partial charge on any atom is -0.335 e. The molecule has 5 nitrogen and oxygen atoms in total. The average molecular weight is 369 g/mol. The van der Waals surface area contributed by atoms with E-state index in [4.69, 9.17) is 0 Å². The van der Waals surface area contributed by atoms with Crippen molar-refractivity contribution in [3.8, 4) is 0 Å². The minimum atomic E-state index is -0.298. The van der Waals surface area contributed by atoms with Gasteiger partial charge in [-0.1, -0.05) is 32.0 Å². The van der Waals surface area contributed by atoms with Crippen LogP contribution in [0.15, 0.2) is 48.7 Å². The molecular formula is C21H24FN3O2. The summed E-state index contributed by atoms with van der Waals surface area (Å²) in [5.41, 5.74) is 1.26. The number of carbonyl (C=O) groups excluding carboxylic acids is 2. The largest absolute Gasteiger partial charge is 0.335 e. The van der Waals surface area contributed by atoms with E-state index < -0.39 is 0 Å². The van der Waals surface area contributed by atoms with Crippen LogP contribution in [0, 0.1) is 11.7 Å². The minimum absolute atomic E-state index is 0.00865. The molecule has 0 N–H and O–H groups in total. The molecule has 1 aromatic carbocycles. The van der Waals surface area contributed by atoms with Crippen LogP contribution >= 0.6 is 0 Å². The summed E-state index contributed by atoms with van der Waals surface area (Å²) < 4.78 is 13.2. The van der Waals surface area contributed by atoms with Crippen LogP contribution in [0.3, 0.4) is 0 Å². The van der Waals surface area contributed by atoms with Crippen molar-refractivity contribution in [2.75, 3.05) is 13.1 Å². The molecule has 142 valence electrons. The van der Waals surface area contributed by atoms with Crippen LogP contribution in [0.25, 0.3) is 0 Å². The van der Waals surface area contributed by atoms with E-state index in [0.29, 0.717) is 25.3 Å². The predicted octanol–water partition coefficient (Wildman–Crippen LogP) is 3.12. The fourth-order valence-corrected chi connectivity index (χ4v) is 3.37. The summed E-state index contributed by atoms with van der Waals surface area (Å²) >= 11 is 0. The molecule has 1 fully saturated rings. The summed E-state index contributed by atoms with van der Waals surface area (Å²) in [5, 5.41) is 0. The van der Waals surface area contributed by atoms with Crippen LogP contribution in [-0.4, -0.2) is 45.7 Å². The molecule has 1 aliphatic heterocycles. The number of aromatic nitrogens is 1. The normalized spacial score (nSPS) is 17.9. The lowest BCUT2D eigenvalue weighted by Crippen LogP contribution is -2.47. The second kappa shape index (κ2) is 8.29. The smallest absolute Gasteiger partial charge is 0.272 e. The van der Waals surface area contributed by atoms with E-state index in [2.05, 4.69) is 4.98 Å². The Hall–Kier alpha value is -2.76. The van der Waals surface area contributed by atoms with E-state index in [0.717, 1.165) is 5.56 Å². The fraction of sp³-hybridized carbons (Fsp3) is 0.381. The average Bonchev–Trinajstić information content (AvgIpc) is 2.83. The third kappa shape index (κ3) is 4.51. The van der Waals surface area contributed by atoms with Crippen molar-refractivity contribution in [3.63, 3.8) is 0 Å². The third-order valence-electron chi connectivity index (χ3n) is 4.93. The molecule has 1 unspecified atom stereocenters. The Bertz CT molecular complexity index is 793. The highest BCUT2D eigenvalue weighted by molar-refractivity contribution is 5.93. The maximum Gasteiger partial charge on any atom is 0.272 e. The number of rotatable bonds is 4. The van der Waals surface area contributed by atoms with Crippen molar-refractivity contribution in [1.29, 1.82) is 0 Å². The second-order valence-corrected chi connectivity index (χ2v) is 7.18. The van der Waals surface area contributed by atoms with Crippen molar-refractivity contribution >= 4 is 11.8 Å². The molecule has 1 aromatic heterocycles. The molecule has 2 aromatic rings. The molecule has 0 bridgehead atoms. The van der Waals surface area contributed by atoms with Crippen molar-refractivity contribution in [2.45, 2.75) is 32.9 Å². The zero-order chi connectivity index (χ0) is 19.4. The highest BCUT2D eigenvalue weighted by Gasteiger charge is 2.33. The number of halogens is 1. The van der Waals surface area contributed by atoms with Crippen LogP contribution < -0.4 is 0 Å². The molecular weight excluding hydrogens is 345 g/mol. The van der Waals surface area contributed by atoms with E-state index in [1.54, 1.807) is 41.4 Å². The quantitative estimate of drug-likeness (QED) is 0.832. The molecule has 1 saturated heterocycles. The van der Waals surface area contributed by atoms with Gasteiger partial charge < -0.3 is 9.80 Å². The predicted molar refractivity (Wildman–Crippen MR) is 100 cm³/mol. The molecule has 0 radical (unpaired) electrons. The number of carbonyl (C=O) groups is 2. The Morgan fingerprint density at radius 3 is 2.59 bits per heavy atom. The van der Waals surface area contributed by atoms with E-state index in [-0.39, 0.29) is 36.0 Å². The van der Waals surface area contributed by atoms with Crippen molar-refractivity contribution in [2.24, 2.45) is 5.92 Å². The lowest BCUT2D eigenvalue weighted by Gasteiger charge is -2.34. The molecule has 0 spiro atoms. The van der Waals surface area contributed by atoms with Crippen LogP contribution in [0.4, 0.5) is 4.39 Å². The van der Waals surface area contributed by atoms with Gasteiger partial charge in [0.15, 0.2) is 0 Å². The van der Waals surface area contributed by atoms with Gasteiger partial charge in [0.05, 0.1) is 6.04 Å². The molecule has 1 atom stereocenters. The SMILES string of the molecule is CC(C)C1CN(C(=O)c2ccccn2)CCC(=O)N1Cc1ccc(F)cc1. The van der Waals surface area contributed by atoms with Gasteiger partial charge in [0.25, 0.3) is 5.91 Å². The fourth-order valence-electron chi connectivity index (χ4n) is 3.37. The first-order valence-electron chi connectivity index (χ1n) is 9.20. The Morgan fingerprint density at radius 2 is 1.96 bits per heavy atom. The van der Waals surface area contributed by atoms with E-state index in [1.807, 2.05) is 18.7 Å². The maximum atomic E-state index is 13.2. The monoisotopic (exact) mass is 369 g/mol. The van der Waals surface area contributed by atoms with Gasteiger partial charge in [0.2, 0.25) is 5.91 Å². The van der Waals surface area contributed by atoms with Gasteiger partial charge >= 0.3 is 0 Å². The zero-order valence-electron chi connectivity index (χ0n) is 15.6. The summed E-state index contributed by atoms with van der Waals surface area (Å²) in [6.45, 7) is 5.33.